The molecule has 1 fully saturated rings. The molecule has 0 saturated carbocycles. The van der Waals surface area contributed by atoms with Crippen molar-refractivity contribution in [3.63, 3.8) is 0 Å². The normalized spacial score (nSPS) is 20.2. The minimum absolute atomic E-state index is 0.0629. The summed E-state index contributed by atoms with van der Waals surface area (Å²) in [6, 6.07) is 2.03. The average Bonchev–Trinajstić information content (AvgIpc) is 2.49. The standard InChI is InChI=1S/C13H12ClF3N2O2/c1-7-12(21)19(5-4-11(20)18-7)10-3-2-8(6-9(10)14)13(15,16)17/h2-3,6-7H,4-5H2,1H3,(H,18,20). The number of rotatable bonds is 1. The molecule has 0 aliphatic carbocycles. The van der Waals surface area contributed by atoms with Crippen LogP contribution >= 0.6 is 11.6 Å². The Kier molecular flexibility index (Phi) is 4.13. The lowest BCUT2D eigenvalue weighted by molar-refractivity contribution is -0.137. The van der Waals surface area contributed by atoms with Gasteiger partial charge in [-0.3, -0.25) is 9.59 Å². The molecule has 1 aliphatic heterocycles. The van der Waals surface area contributed by atoms with Crippen molar-refractivity contribution in [2.45, 2.75) is 25.6 Å². The second-order valence-electron chi connectivity index (χ2n) is 4.69. The lowest BCUT2D eigenvalue weighted by atomic mass is 10.1. The van der Waals surface area contributed by atoms with Gasteiger partial charge in [0, 0.05) is 13.0 Å². The molecule has 0 bridgehead atoms. The summed E-state index contributed by atoms with van der Waals surface area (Å²) in [5, 5.41) is 2.31. The molecule has 4 nitrogen and oxygen atoms in total. The van der Waals surface area contributed by atoms with Gasteiger partial charge in [0.2, 0.25) is 11.8 Å². The quantitative estimate of drug-likeness (QED) is 0.864. The minimum Gasteiger partial charge on any atom is -0.345 e. The predicted octanol–water partition coefficient (Wildman–Crippen LogP) is 2.60. The molecular formula is C13H12ClF3N2O2. The van der Waals surface area contributed by atoms with E-state index in [0.29, 0.717) is 0 Å². The molecule has 0 radical (unpaired) electrons. The summed E-state index contributed by atoms with van der Waals surface area (Å²) in [6.07, 6.45) is -4.44. The number of alkyl halides is 3. The number of carbonyl (C=O) groups excluding carboxylic acids is 2. The topological polar surface area (TPSA) is 49.4 Å². The number of anilines is 1. The average molecular weight is 321 g/mol. The number of nitrogens with one attached hydrogen (secondary N) is 1. The molecule has 21 heavy (non-hydrogen) atoms. The van der Waals surface area contributed by atoms with Gasteiger partial charge >= 0.3 is 6.18 Å². The van der Waals surface area contributed by atoms with Crippen molar-refractivity contribution >= 4 is 29.1 Å². The predicted molar refractivity (Wildman–Crippen MR) is 71.0 cm³/mol. The summed E-state index contributed by atoms with van der Waals surface area (Å²) in [5.74, 6) is -0.705. The van der Waals surface area contributed by atoms with E-state index in [9.17, 15) is 22.8 Å². The van der Waals surface area contributed by atoms with Gasteiger partial charge in [-0.2, -0.15) is 13.2 Å². The van der Waals surface area contributed by atoms with E-state index in [-0.39, 0.29) is 29.6 Å². The Labute approximate surface area is 123 Å². The summed E-state index contributed by atoms with van der Waals surface area (Å²) >= 11 is 5.87. The van der Waals surface area contributed by atoms with Crippen LogP contribution in [0.4, 0.5) is 18.9 Å². The maximum absolute atomic E-state index is 12.6. The fourth-order valence-corrected chi connectivity index (χ4v) is 2.36. The molecule has 1 atom stereocenters. The summed E-state index contributed by atoms with van der Waals surface area (Å²) in [5.41, 5.74) is -0.723. The number of benzene rings is 1. The number of nitrogens with zero attached hydrogens (tertiary/aromatic N) is 1. The lowest BCUT2D eigenvalue weighted by Gasteiger charge is -2.24. The Morgan fingerprint density at radius 1 is 1.33 bits per heavy atom. The van der Waals surface area contributed by atoms with Crippen LogP contribution in [0.1, 0.15) is 18.9 Å². The zero-order valence-corrected chi connectivity index (χ0v) is 11.8. The van der Waals surface area contributed by atoms with Crippen LogP contribution in [0.5, 0.6) is 0 Å². The van der Waals surface area contributed by atoms with E-state index in [1.807, 2.05) is 0 Å². The van der Waals surface area contributed by atoms with Gasteiger partial charge in [-0.15, -0.1) is 0 Å². The second kappa shape index (κ2) is 5.55. The summed E-state index contributed by atoms with van der Waals surface area (Å²) in [4.78, 5) is 24.8. The van der Waals surface area contributed by atoms with Crippen LogP contribution in [0.3, 0.4) is 0 Å². The van der Waals surface area contributed by atoms with Crippen LogP contribution in [0.15, 0.2) is 18.2 Å². The Bertz CT molecular complexity index is 589. The van der Waals surface area contributed by atoms with E-state index in [1.165, 1.54) is 11.8 Å². The van der Waals surface area contributed by atoms with Crippen LogP contribution < -0.4 is 10.2 Å². The number of hydrogen-bond donors (Lipinski definition) is 1. The molecule has 8 heteroatoms. The third-order valence-corrected chi connectivity index (χ3v) is 3.44. The first-order chi connectivity index (χ1) is 9.70. The third-order valence-electron chi connectivity index (χ3n) is 3.14. The maximum Gasteiger partial charge on any atom is 0.416 e. The van der Waals surface area contributed by atoms with E-state index >= 15 is 0 Å². The highest BCUT2D eigenvalue weighted by molar-refractivity contribution is 6.34. The van der Waals surface area contributed by atoms with Crippen molar-refractivity contribution in [2.75, 3.05) is 11.4 Å². The number of hydrogen-bond acceptors (Lipinski definition) is 2. The Hall–Kier alpha value is -1.76. The molecule has 1 aromatic carbocycles. The van der Waals surface area contributed by atoms with Crippen LogP contribution in [0.25, 0.3) is 0 Å². The zero-order chi connectivity index (χ0) is 15.8. The van der Waals surface area contributed by atoms with Gasteiger partial charge in [-0.1, -0.05) is 11.6 Å². The molecule has 0 spiro atoms. The number of amides is 2. The fourth-order valence-electron chi connectivity index (χ4n) is 2.07. The van der Waals surface area contributed by atoms with E-state index in [4.69, 9.17) is 11.6 Å². The van der Waals surface area contributed by atoms with Gasteiger partial charge in [0.1, 0.15) is 6.04 Å². The smallest absolute Gasteiger partial charge is 0.345 e. The lowest BCUT2D eigenvalue weighted by Crippen LogP contribution is -2.42. The van der Waals surface area contributed by atoms with Gasteiger partial charge in [0.15, 0.2) is 0 Å². The maximum atomic E-state index is 12.6. The van der Waals surface area contributed by atoms with E-state index in [1.54, 1.807) is 0 Å². The first-order valence-corrected chi connectivity index (χ1v) is 6.55. The van der Waals surface area contributed by atoms with Crippen LogP contribution in [0, 0.1) is 0 Å². The van der Waals surface area contributed by atoms with E-state index in [0.717, 1.165) is 18.2 Å². The molecule has 1 aromatic rings. The molecule has 2 rings (SSSR count). The fraction of sp³-hybridized carbons (Fsp3) is 0.385. The molecule has 1 saturated heterocycles. The molecule has 0 aromatic heterocycles. The number of halogens is 4. The largest absolute Gasteiger partial charge is 0.416 e. The Morgan fingerprint density at radius 3 is 2.57 bits per heavy atom. The highest BCUT2D eigenvalue weighted by Gasteiger charge is 2.33. The second-order valence-corrected chi connectivity index (χ2v) is 5.10. The highest BCUT2D eigenvalue weighted by Crippen LogP contribution is 2.35. The summed E-state index contributed by atoms with van der Waals surface area (Å²) < 4.78 is 37.8. The third kappa shape index (κ3) is 3.29. The first-order valence-electron chi connectivity index (χ1n) is 6.17. The van der Waals surface area contributed by atoms with Gasteiger partial charge in [-0.25, -0.2) is 0 Å². The van der Waals surface area contributed by atoms with Crippen molar-refractivity contribution in [3.8, 4) is 0 Å². The SMILES string of the molecule is CC1NC(=O)CCN(c2ccc(C(F)(F)F)cc2Cl)C1=O. The van der Waals surface area contributed by atoms with Crippen LogP contribution in [0.2, 0.25) is 5.02 Å². The van der Waals surface area contributed by atoms with Gasteiger partial charge in [0.05, 0.1) is 16.3 Å². The Balaban J connectivity index is 2.37. The van der Waals surface area contributed by atoms with Crippen molar-refractivity contribution in [3.05, 3.63) is 28.8 Å². The molecule has 1 N–H and O–H groups in total. The molecule has 1 unspecified atom stereocenters. The molecule has 1 aliphatic rings. The van der Waals surface area contributed by atoms with E-state index < -0.39 is 23.7 Å². The van der Waals surface area contributed by atoms with Crippen molar-refractivity contribution in [2.24, 2.45) is 0 Å². The minimum atomic E-state index is -4.50. The molecular weight excluding hydrogens is 309 g/mol. The van der Waals surface area contributed by atoms with Gasteiger partial charge < -0.3 is 10.2 Å². The van der Waals surface area contributed by atoms with Gasteiger partial charge in [-0.05, 0) is 25.1 Å². The molecule has 114 valence electrons. The van der Waals surface area contributed by atoms with E-state index in [2.05, 4.69) is 5.32 Å². The summed E-state index contributed by atoms with van der Waals surface area (Å²) in [6.45, 7) is 1.58. The Morgan fingerprint density at radius 2 is 2.00 bits per heavy atom. The number of carbonyl (C=O) groups is 2. The zero-order valence-electron chi connectivity index (χ0n) is 11.0. The summed E-state index contributed by atoms with van der Waals surface area (Å²) in [7, 11) is 0. The van der Waals surface area contributed by atoms with Crippen molar-refractivity contribution in [1.29, 1.82) is 0 Å². The van der Waals surface area contributed by atoms with Crippen molar-refractivity contribution < 1.29 is 22.8 Å². The molecule has 2 amide bonds. The highest BCUT2D eigenvalue weighted by atomic mass is 35.5. The van der Waals surface area contributed by atoms with Gasteiger partial charge in [0.25, 0.3) is 0 Å². The van der Waals surface area contributed by atoms with Crippen molar-refractivity contribution in [1.82, 2.24) is 5.32 Å². The monoisotopic (exact) mass is 320 g/mol. The van der Waals surface area contributed by atoms with Crippen LogP contribution in [-0.2, 0) is 15.8 Å². The molecule has 1 heterocycles. The first kappa shape index (κ1) is 15.6. The van der Waals surface area contributed by atoms with Crippen LogP contribution in [-0.4, -0.2) is 24.4 Å².